The molecular weight excluding hydrogens is 351 g/mol. The van der Waals surface area contributed by atoms with E-state index in [1.54, 1.807) is 0 Å². The molecule has 1 aliphatic heterocycles. The number of rotatable bonds is 5. The Hall–Kier alpha value is -0.0400. The molecule has 19 heavy (non-hydrogen) atoms. The molecule has 1 heterocycles. The minimum Gasteiger partial charge on any atom is -0.357 e. The molecule has 0 aromatic heterocycles. The van der Waals surface area contributed by atoms with E-state index in [1.807, 2.05) is 0 Å². The second-order valence-electron chi connectivity index (χ2n) is 5.73. The summed E-state index contributed by atoms with van der Waals surface area (Å²) in [6.07, 6.45) is 2.59. The van der Waals surface area contributed by atoms with Crippen molar-refractivity contribution in [1.29, 1.82) is 0 Å². The number of aliphatic imine (C=N–C) groups is 1. The third-order valence-electron chi connectivity index (χ3n) is 4.10. The number of guanidine groups is 1. The number of hydrogen-bond donors (Lipinski definition) is 2. The summed E-state index contributed by atoms with van der Waals surface area (Å²) in [5.41, 5.74) is 0. The zero-order valence-electron chi connectivity index (χ0n) is 12.5. The van der Waals surface area contributed by atoms with Gasteiger partial charge in [0.05, 0.1) is 0 Å². The van der Waals surface area contributed by atoms with Gasteiger partial charge in [-0.1, -0.05) is 13.8 Å². The first kappa shape index (κ1) is 17.0. The van der Waals surface area contributed by atoms with Crippen LogP contribution < -0.4 is 10.6 Å². The Balaban J connectivity index is 0.00000180. The van der Waals surface area contributed by atoms with Crippen LogP contribution in [-0.2, 0) is 0 Å². The molecule has 4 nitrogen and oxygen atoms in total. The van der Waals surface area contributed by atoms with E-state index >= 15 is 0 Å². The van der Waals surface area contributed by atoms with Gasteiger partial charge in [0, 0.05) is 25.7 Å². The molecule has 1 saturated heterocycles. The smallest absolute Gasteiger partial charge is 0.191 e. The SMILES string of the molecule is CCNC(=NCC1CCN(CC)C1)NC1CC1C.I. The lowest BCUT2D eigenvalue weighted by Gasteiger charge is -2.14. The third kappa shape index (κ3) is 5.45. The zero-order chi connectivity index (χ0) is 13.0. The highest BCUT2D eigenvalue weighted by molar-refractivity contribution is 14.0. The first-order valence-corrected chi connectivity index (χ1v) is 7.50. The first-order chi connectivity index (χ1) is 8.72. The van der Waals surface area contributed by atoms with Crippen LogP contribution in [0.2, 0.25) is 0 Å². The average molecular weight is 380 g/mol. The van der Waals surface area contributed by atoms with Crippen LogP contribution in [0.5, 0.6) is 0 Å². The van der Waals surface area contributed by atoms with Gasteiger partial charge in [0.25, 0.3) is 0 Å². The van der Waals surface area contributed by atoms with Gasteiger partial charge in [-0.15, -0.1) is 24.0 Å². The zero-order valence-corrected chi connectivity index (χ0v) is 14.8. The molecule has 2 rings (SSSR count). The fraction of sp³-hybridized carbons (Fsp3) is 0.929. The predicted molar refractivity (Wildman–Crippen MR) is 92.3 cm³/mol. The summed E-state index contributed by atoms with van der Waals surface area (Å²) < 4.78 is 0. The van der Waals surface area contributed by atoms with E-state index in [2.05, 4.69) is 36.3 Å². The molecule has 1 aliphatic carbocycles. The summed E-state index contributed by atoms with van der Waals surface area (Å²) >= 11 is 0. The molecule has 3 atom stereocenters. The quantitative estimate of drug-likeness (QED) is 0.435. The Morgan fingerprint density at radius 2 is 2.11 bits per heavy atom. The van der Waals surface area contributed by atoms with E-state index in [1.165, 1.54) is 32.5 Å². The Morgan fingerprint density at radius 1 is 1.37 bits per heavy atom. The van der Waals surface area contributed by atoms with Crippen LogP contribution in [0.3, 0.4) is 0 Å². The van der Waals surface area contributed by atoms with Crippen molar-refractivity contribution in [2.45, 2.75) is 39.7 Å². The first-order valence-electron chi connectivity index (χ1n) is 7.50. The van der Waals surface area contributed by atoms with Crippen molar-refractivity contribution in [3.05, 3.63) is 0 Å². The second-order valence-corrected chi connectivity index (χ2v) is 5.73. The van der Waals surface area contributed by atoms with Gasteiger partial charge in [-0.3, -0.25) is 4.99 Å². The molecule has 0 amide bonds. The summed E-state index contributed by atoms with van der Waals surface area (Å²) in [4.78, 5) is 7.26. The lowest BCUT2D eigenvalue weighted by Crippen LogP contribution is -2.39. The Labute approximate surface area is 134 Å². The largest absolute Gasteiger partial charge is 0.357 e. The fourth-order valence-electron chi connectivity index (χ4n) is 2.59. The minimum absolute atomic E-state index is 0. The molecular formula is C14H29IN4. The maximum atomic E-state index is 4.75. The topological polar surface area (TPSA) is 39.7 Å². The highest BCUT2D eigenvalue weighted by atomic mass is 127. The molecule has 112 valence electrons. The molecule has 0 aromatic rings. The molecule has 0 radical (unpaired) electrons. The molecule has 0 spiro atoms. The third-order valence-corrected chi connectivity index (χ3v) is 4.10. The Kier molecular flexibility index (Phi) is 7.42. The Morgan fingerprint density at radius 3 is 2.63 bits per heavy atom. The van der Waals surface area contributed by atoms with Gasteiger partial charge in [-0.25, -0.2) is 0 Å². The van der Waals surface area contributed by atoms with Crippen LogP contribution in [0.1, 0.15) is 33.6 Å². The van der Waals surface area contributed by atoms with Crippen molar-refractivity contribution in [2.24, 2.45) is 16.8 Å². The highest BCUT2D eigenvalue weighted by Gasteiger charge is 2.33. The van der Waals surface area contributed by atoms with Crippen molar-refractivity contribution in [1.82, 2.24) is 15.5 Å². The maximum absolute atomic E-state index is 4.75. The van der Waals surface area contributed by atoms with Crippen LogP contribution in [0.25, 0.3) is 0 Å². The maximum Gasteiger partial charge on any atom is 0.191 e. The van der Waals surface area contributed by atoms with Crippen molar-refractivity contribution in [2.75, 3.05) is 32.7 Å². The molecule has 5 heteroatoms. The van der Waals surface area contributed by atoms with Gasteiger partial charge in [-0.2, -0.15) is 0 Å². The fourth-order valence-corrected chi connectivity index (χ4v) is 2.59. The van der Waals surface area contributed by atoms with Crippen LogP contribution in [0.15, 0.2) is 4.99 Å². The van der Waals surface area contributed by atoms with Crippen molar-refractivity contribution in [3.8, 4) is 0 Å². The van der Waals surface area contributed by atoms with E-state index in [0.717, 1.165) is 30.9 Å². The van der Waals surface area contributed by atoms with Gasteiger partial charge in [-0.05, 0) is 44.7 Å². The summed E-state index contributed by atoms with van der Waals surface area (Å²) in [6.45, 7) is 12.2. The molecule has 2 fully saturated rings. The lowest BCUT2D eigenvalue weighted by molar-refractivity contribution is 0.343. The van der Waals surface area contributed by atoms with Gasteiger partial charge in [0.15, 0.2) is 5.96 Å². The van der Waals surface area contributed by atoms with Gasteiger partial charge < -0.3 is 15.5 Å². The van der Waals surface area contributed by atoms with Crippen LogP contribution in [0.4, 0.5) is 0 Å². The molecule has 1 saturated carbocycles. The monoisotopic (exact) mass is 380 g/mol. The van der Waals surface area contributed by atoms with E-state index in [4.69, 9.17) is 4.99 Å². The summed E-state index contributed by atoms with van der Waals surface area (Å²) in [7, 11) is 0. The number of halogens is 1. The van der Waals surface area contributed by atoms with Crippen LogP contribution >= 0.6 is 24.0 Å². The van der Waals surface area contributed by atoms with Gasteiger partial charge in [0.2, 0.25) is 0 Å². The summed E-state index contributed by atoms with van der Waals surface area (Å²) in [5, 5.41) is 6.87. The number of hydrogen-bond acceptors (Lipinski definition) is 2. The summed E-state index contributed by atoms with van der Waals surface area (Å²) in [6, 6.07) is 0.651. The van der Waals surface area contributed by atoms with E-state index in [-0.39, 0.29) is 24.0 Å². The van der Waals surface area contributed by atoms with Crippen molar-refractivity contribution in [3.63, 3.8) is 0 Å². The number of nitrogens with one attached hydrogen (secondary N) is 2. The van der Waals surface area contributed by atoms with E-state index in [9.17, 15) is 0 Å². The molecule has 2 aliphatic rings. The molecule has 2 N–H and O–H groups in total. The van der Waals surface area contributed by atoms with Crippen molar-refractivity contribution >= 4 is 29.9 Å². The van der Waals surface area contributed by atoms with Crippen molar-refractivity contribution < 1.29 is 0 Å². The van der Waals surface area contributed by atoms with Gasteiger partial charge in [0.1, 0.15) is 0 Å². The molecule has 0 bridgehead atoms. The average Bonchev–Trinajstić information content (AvgIpc) is 2.89. The normalized spacial score (nSPS) is 30.9. The summed E-state index contributed by atoms with van der Waals surface area (Å²) in [5.74, 6) is 2.58. The van der Waals surface area contributed by atoms with Crippen LogP contribution in [0, 0.1) is 11.8 Å². The molecule has 0 aromatic carbocycles. The second kappa shape index (κ2) is 8.29. The standard InChI is InChI=1S/C14H28N4.HI/c1-4-15-14(17-13-8-11(13)3)16-9-12-6-7-18(5-2)10-12;/h11-13H,4-10H2,1-3H3,(H2,15,16,17);1H. The molecule has 3 unspecified atom stereocenters. The number of nitrogens with zero attached hydrogens (tertiary/aromatic N) is 2. The van der Waals surface area contributed by atoms with E-state index < -0.39 is 0 Å². The number of likely N-dealkylation sites (tertiary alicyclic amines) is 1. The Bertz CT molecular complexity index is 295. The minimum atomic E-state index is 0. The van der Waals surface area contributed by atoms with Crippen LogP contribution in [-0.4, -0.2) is 49.6 Å². The highest BCUT2D eigenvalue weighted by Crippen LogP contribution is 2.28. The van der Waals surface area contributed by atoms with E-state index in [0.29, 0.717) is 6.04 Å². The van der Waals surface area contributed by atoms with Gasteiger partial charge >= 0.3 is 0 Å². The predicted octanol–water partition coefficient (Wildman–Crippen LogP) is 1.91. The lowest BCUT2D eigenvalue weighted by atomic mass is 10.1.